The van der Waals surface area contributed by atoms with E-state index in [9.17, 15) is 4.79 Å². The van der Waals surface area contributed by atoms with Gasteiger partial charge >= 0.3 is 5.97 Å². The number of pyridine rings is 1. The van der Waals surface area contributed by atoms with Gasteiger partial charge in [0.2, 0.25) is 0 Å². The lowest BCUT2D eigenvalue weighted by atomic mass is 10.2. The number of aromatic nitrogens is 3. The first-order valence-electron chi connectivity index (χ1n) is 5.37. The molecule has 0 radical (unpaired) electrons. The topological polar surface area (TPSA) is 88.0 Å². The zero-order chi connectivity index (χ0) is 13.0. The van der Waals surface area contributed by atoms with Gasteiger partial charge in [-0.05, 0) is 25.1 Å². The van der Waals surface area contributed by atoms with E-state index in [4.69, 9.17) is 5.11 Å². The first-order chi connectivity index (χ1) is 8.65. The number of hydrogen-bond donors (Lipinski definition) is 2. The third-order valence-corrected chi connectivity index (χ3v) is 2.29. The molecule has 2 N–H and O–H groups in total. The van der Waals surface area contributed by atoms with Crippen LogP contribution in [0.1, 0.15) is 21.9 Å². The van der Waals surface area contributed by atoms with Gasteiger partial charge in [-0.15, -0.1) is 0 Å². The first-order valence-corrected chi connectivity index (χ1v) is 5.37. The van der Waals surface area contributed by atoms with E-state index in [1.165, 1.54) is 18.3 Å². The summed E-state index contributed by atoms with van der Waals surface area (Å²) in [7, 11) is 0. The van der Waals surface area contributed by atoms with Crippen molar-refractivity contribution in [1.82, 2.24) is 15.0 Å². The number of nitrogens with zero attached hydrogens (tertiary/aromatic N) is 3. The molecule has 0 amide bonds. The van der Waals surface area contributed by atoms with Crippen LogP contribution in [0.25, 0.3) is 0 Å². The Labute approximate surface area is 104 Å². The molecular formula is C12H12N4O2. The van der Waals surface area contributed by atoms with E-state index in [0.29, 0.717) is 18.2 Å². The van der Waals surface area contributed by atoms with Crippen molar-refractivity contribution in [1.29, 1.82) is 0 Å². The van der Waals surface area contributed by atoms with Crippen LogP contribution in [0, 0.1) is 6.92 Å². The average molecular weight is 244 g/mol. The number of nitrogens with one attached hydrogen (secondary N) is 1. The monoisotopic (exact) mass is 244 g/mol. The Morgan fingerprint density at radius 1 is 1.33 bits per heavy atom. The van der Waals surface area contributed by atoms with Crippen LogP contribution >= 0.6 is 0 Å². The van der Waals surface area contributed by atoms with Crippen LogP contribution in [-0.4, -0.2) is 26.0 Å². The van der Waals surface area contributed by atoms with Crippen molar-refractivity contribution in [3.63, 3.8) is 0 Å². The minimum atomic E-state index is -0.974. The maximum absolute atomic E-state index is 10.8. The van der Waals surface area contributed by atoms with Crippen molar-refractivity contribution < 1.29 is 9.90 Å². The summed E-state index contributed by atoms with van der Waals surface area (Å²) in [5.74, 6) is 0.228. The Hall–Kier alpha value is -2.50. The van der Waals surface area contributed by atoms with Gasteiger partial charge in [0.1, 0.15) is 11.6 Å². The number of aryl methyl sites for hydroxylation is 1. The molecule has 6 nitrogen and oxygen atoms in total. The summed E-state index contributed by atoms with van der Waals surface area (Å²) in [6.07, 6.45) is 3.14. The molecule has 2 aromatic rings. The second-order valence-corrected chi connectivity index (χ2v) is 3.68. The zero-order valence-electron chi connectivity index (χ0n) is 9.79. The van der Waals surface area contributed by atoms with Crippen LogP contribution in [0.4, 0.5) is 5.82 Å². The number of carbonyl (C=O) groups is 1. The van der Waals surface area contributed by atoms with Gasteiger partial charge in [0.05, 0.1) is 17.8 Å². The van der Waals surface area contributed by atoms with E-state index >= 15 is 0 Å². The van der Waals surface area contributed by atoms with Gasteiger partial charge in [-0.2, -0.15) is 0 Å². The van der Waals surface area contributed by atoms with Gasteiger partial charge < -0.3 is 10.4 Å². The molecule has 0 aliphatic rings. The molecule has 6 heteroatoms. The highest BCUT2D eigenvalue weighted by atomic mass is 16.4. The summed E-state index contributed by atoms with van der Waals surface area (Å²) < 4.78 is 0. The van der Waals surface area contributed by atoms with E-state index in [2.05, 4.69) is 20.3 Å². The van der Waals surface area contributed by atoms with Crippen molar-refractivity contribution in [2.24, 2.45) is 0 Å². The van der Waals surface area contributed by atoms with E-state index in [1.54, 1.807) is 12.3 Å². The Bertz CT molecular complexity index is 572. The highest BCUT2D eigenvalue weighted by molar-refractivity contribution is 5.88. The highest BCUT2D eigenvalue weighted by Gasteiger charge is 2.04. The van der Waals surface area contributed by atoms with Crippen LogP contribution < -0.4 is 5.32 Å². The molecule has 0 fully saturated rings. The van der Waals surface area contributed by atoms with E-state index < -0.39 is 5.97 Å². The predicted molar refractivity (Wildman–Crippen MR) is 65.3 cm³/mol. The largest absolute Gasteiger partial charge is 0.478 e. The highest BCUT2D eigenvalue weighted by Crippen LogP contribution is 2.08. The SMILES string of the molecule is Cc1nccc(CNc2cc(C(=O)O)ccn2)n1. The van der Waals surface area contributed by atoms with Gasteiger partial charge in [-0.3, -0.25) is 0 Å². The van der Waals surface area contributed by atoms with Crippen LogP contribution in [0.3, 0.4) is 0 Å². The lowest BCUT2D eigenvalue weighted by molar-refractivity contribution is 0.0697. The van der Waals surface area contributed by atoms with E-state index in [1.807, 2.05) is 6.92 Å². The molecule has 0 bridgehead atoms. The molecule has 2 rings (SSSR count). The molecule has 0 atom stereocenters. The number of carboxylic acids is 1. The van der Waals surface area contributed by atoms with Gasteiger partial charge in [0, 0.05) is 12.4 Å². The maximum atomic E-state index is 10.8. The molecule has 0 aromatic carbocycles. The van der Waals surface area contributed by atoms with Gasteiger partial charge in [-0.25, -0.2) is 19.7 Å². The van der Waals surface area contributed by atoms with Crippen LogP contribution in [0.15, 0.2) is 30.6 Å². The fourth-order valence-electron chi connectivity index (χ4n) is 1.44. The third-order valence-electron chi connectivity index (χ3n) is 2.29. The van der Waals surface area contributed by atoms with Crippen molar-refractivity contribution in [3.05, 3.63) is 47.7 Å². The minimum Gasteiger partial charge on any atom is -0.478 e. The number of anilines is 1. The fraction of sp³-hybridized carbons (Fsp3) is 0.167. The van der Waals surface area contributed by atoms with Gasteiger partial charge in [-0.1, -0.05) is 0 Å². The van der Waals surface area contributed by atoms with Crippen molar-refractivity contribution >= 4 is 11.8 Å². The summed E-state index contributed by atoms with van der Waals surface area (Å²) in [4.78, 5) is 23.1. The second kappa shape index (κ2) is 5.22. The number of carboxylic acid groups (broad SMARTS) is 1. The van der Waals surface area contributed by atoms with Gasteiger partial charge in [0.15, 0.2) is 0 Å². The second-order valence-electron chi connectivity index (χ2n) is 3.68. The molecule has 0 saturated carbocycles. The first kappa shape index (κ1) is 12.0. The number of aromatic carboxylic acids is 1. The third kappa shape index (κ3) is 3.00. The summed E-state index contributed by atoms with van der Waals surface area (Å²) in [5, 5.41) is 11.9. The van der Waals surface area contributed by atoms with Crippen molar-refractivity contribution in [2.45, 2.75) is 13.5 Å². The molecule has 0 aliphatic carbocycles. The molecule has 0 aliphatic heterocycles. The smallest absolute Gasteiger partial charge is 0.335 e. The Morgan fingerprint density at radius 3 is 2.83 bits per heavy atom. The Morgan fingerprint density at radius 2 is 2.11 bits per heavy atom. The lowest BCUT2D eigenvalue weighted by Crippen LogP contribution is -2.06. The summed E-state index contributed by atoms with van der Waals surface area (Å²) in [6.45, 7) is 2.28. The number of hydrogen-bond acceptors (Lipinski definition) is 5. The summed E-state index contributed by atoms with van der Waals surface area (Å²) in [6, 6.07) is 4.72. The normalized spacial score (nSPS) is 10.1. The maximum Gasteiger partial charge on any atom is 0.335 e. The Balaban J connectivity index is 2.06. The van der Waals surface area contributed by atoms with Crippen LogP contribution in [0.2, 0.25) is 0 Å². The summed E-state index contributed by atoms with van der Waals surface area (Å²) in [5.41, 5.74) is 1.02. The molecule has 2 aromatic heterocycles. The lowest BCUT2D eigenvalue weighted by Gasteiger charge is -2.05. The Kier molecular flexibility index (Phi) is 3.47. The standard InChI is InChI=1S/C12H12N4O2/c1-8-13-5-3-10(16-8)7-15-11-6-9(12(17)18)2-4-14-11/h2-6H,7H2,1H3,(H,14,15)(H,17,18). The predicted octanol–water partition coefficient (Wildman–Crippen LogP) is 1.49. The van der Waals surface area contributed by atoms with Crippen molar-refractivity contribution in [2.75, 3.05) is 5.32 Å². The van der Waals surface area contributed by atoms with Crippen LogP contribution in [-0.2, 0) is 6.54 Å². The quantitative estimate of drug-likeness (QED) is 0.847. The fourth-order valence-corrected chi connectivity index (χ4v) is 1.44. The van der Waals surface area contributed by atoms with Gasteiger partial charge in [0.25, 0.3) is 0 Å². The molecular weight excluding hydrogens is 232 g/mol. The molecule has 92 valence electrons. The van der Waals surface area contributed by atoms with Crippen LogP contribution in [0.5, 0.6) is 0 Å². The molecule has 18 heavy (non-hydrogen) atoms. The molecule has 0 unspecified atom stereocenters. The van der Waals surface area contributed by atoms with E-state index in [-0.39, 0.29) is 5.56 Å². The minimum absolute atomic E-state index is 0.200. The van der Waals surface area contributed by atoms with Crippen molar-refractivity contribution in [3.8, 4) is 0 Å². The summed E-state index contributed by atoms with van der Waals surface area (Å²) >= 11 is 0. The molecule has 0 spiro atoms. The van der Waals surface area contributed by atoms with E-state index in [0.717, 1.165) is 5.69 Å². The molecule has 2 heterocycles. The molecule has 0 saturated heterocycles. The average Bonchev–Trinajstić information content (AvgIpc) is 2.37. The number of rotatable bonds is 4. The zero-order valence-corrected chi connectivity index (χ0v) is 9.79.